The van der Waals surface area contributed by atoms with Gasteiger partial charge >= 0.3 is 5.97 Å². The number of carbonyl (C=O) groups is 2. The van der Waals surface area contributed by atoms with Gasteiger partial charge in [-0.05, 0) is 84.0 Å². The Balaban J connectivity index is 0.000000500. The SMILES string of the molecule is C=C.CCc1ccncc1.COC(=O)c1ccc(C(NCCc2ccncc2)C(=O)NCCc2cccnc2)cc1. The molecule has 1 unspecified atom stereocenters. The van der Waals surface area contributed by atoms with Crippen molar-refractivity contribution in [3.05, 3.63) is 139 Å². The number of nitrogens with zero attached hydrogens (tertiary/aromatic N) is 3. The molecular formula is C33H39N5O3. The Bertz CT molecular complexity index is 1270. The molecule has 0 aliphatic rings. The van der Waals surface area contributed by atoms with Crippen LogP contribution in [0.25, 0.3) is 0 Å². The van der Waals surface area contributed by atoms with Crippen molar-refractivity contribution in [2.75, 3.05) is 20.2 Å². The van der Waals surface area contributed by atoms with Gasteiger partial charge < -0.3 is 15.4 Å². The number of pyridine rings is 3. The average Bonchev–Trinajstić information content (AvgIpc) is 3.05. The van der Waals surface area contributed by atoms with Gasteiger partial charge in [-0.15, -0.1) is 13.2 Å². The van der Waals surface area contributed by atoms with E-state index in [0.717, 1.165) is 29.5 Å². The summed E-state index contributed by atoms with van der Waals surface area (Å²) in [5, 5.41) is 6.33. The quantitative estimate of drug-likeness (QED) is 0.200. The third-order valence-corrected chi connectivity index (χ3v) is 6.03. The van der Waals surface area contributed by atoms with Gasteiger partial charge in [0.15, 0.2) is 0 Å². The Hall–Kier alpha value is -4.69. The third kappa shape index (κ3) is 11.9. The summed E-state index contributed by atoms with van der Waals surface area (Å²) in [7, 11) is 1.34. The second-order valence-corrected chi connectivity index (χ2v) is 8.72. The van der Waals surface area contributed by atoms with Crippen LogP contribution in [0.5, 0.6) is 0 Å². The van der Waals surface area contributed by atoms with Crippen molar-refractivity contribution in [2.45, 2.75) is 32.2 Å². The summed E-state index contributed by atoms with van der Waals surface area (Å²) in [4.78, 5) is 36.7. The van der Waals surface area contributed by atoms with Crippen LogP contribution < -0.4 is 10.6 Å². The van der Waals surface area contributed by atoms with Crippen molar-refractivity contribution in [3.8, 4) is 0 Å². The number of methoxy groups -OCH3 is 1. The Labute approximate surface area is 242 Å². The molecule has 3 heterocycles. The maximum atomic E-state index is 13.0. The van der Waals surface area contributed by atoms with E-state index in [2.05, 4.69) is 45.7 Å². The van der Waals surface area contributed by atoms with E-state index in [4.69, 9.17) is 4.74 Å². The lowest BCUT2D eigenvalue weighted by molar-refractivity contribution is -0.123. The van der Waals surface area contributed by atoms with Gasteiger partial charge in [-0.3, -0.25) is 19.7 Å². The number of rotatable bonds is 11. The van der Waals surface area contributed by atoms with Crippen LogP contribution in [0.15, 0.2) is 111 Å². The molecule has 2 N–H and O–H groups in total. The molecule has 0 saturated heterocycles. The number of aromatic nitrogens is 3. The van der Waals surface area contributed by atoms with E-state index in [1.165, 1.54) is 12.7 Å². The highest BCUT2D eigenvalue weighted by atomic mass is 16.5. The number of hydrogen-bond donors (Lipinski definition) is 2. The summed E-state index contributed by atoms with van der Waals surface area (Å²) in [6.07, 6.45) is 13.2. The number of amides is 1. The van der Waals surface area contributed by atoms with Gasteiger partial charge in [-0.25, -0.2) is 4.79 Å². The van der Waals surface area contributed by atoms with Gasteiger partial charge in [0, 0.05) is 50.3 Å². The van der Waals surface area contributed by atoms with Crippen molar-refractivity contribution in [2.24, 2.45) is 0 Å². The summed E-state index contributed by atoms with van der Waals surface area (Å²) < 4.78 is 4.75. The first-order chi connectivity index (χ1) is 20.1. The molecule has 1 atom stereocenters. The molecule has 0 saturated carbocycles. The van der Waals surface area contributed by atoms with Crippen molar-refractivity contribution >= 4 is 11.9 Å². The van der Waals surface area contributed by atoms with E-state index in [-0.39, 0.29) is 5.91 Å². The fraction of sp³-hybridized carbons (Fsp3) is 0.242. The predicted octanol–water partition coefficient (Wildman–Crippen LogP) is 4.94. The second kappa shape index (κ2) is 19.4. The number of esters is 1. The van der Waals surface area contributed by atoms with Crippen molar-refractivity contribution in [3.63, 3.8) is 0 Å². The first kappa shape index (κ1) is 32.5. The Morgan fingerprint density at radius 3 is 1.93 bits per heavy atom. The van der Waals surface area contributed by atoms with Crippen LogP contribution in [-0.2, 0) is 28.8 Å². The summed E-state index contributed by atoms with van der Waals surface area (Å²) in [5.74, 6) is -0.529. The molecule has 0 radical (unpaired) electrons. The smallest absolute Gasteiger partial charge is 0.337 e. The largest absolute Gasteiger partial charge is 0.465 e. The van der Waals surface area contributed by atoms with Crippen LogP contribution in [0.2, 0.25) is 0 Å². The maximum absolute atomic E-state index is 13.0. The molecule has 1 amide bonds. The molecule has 4 rings (SSSR count). The number of benzene rings is 1. The minimum Gasteiger partial charge on any atom is -0.465 e. The molecule has 1 aromatic carbocycles. The lowest BCUT2D eigenvalue weighted by atomic mass is 10.0. The topological polar surface area (TPSA) is 106 Å². The molecule has 4 aromatic rings. The van der Waals surface area contributed by atoms with Gasteiger partial charge in [0.05, 0.1) is 12.7 Å². The molecule has 0 spiro atoms. The number of aryl methyl sites for hydroxylation is 1. The summed E-state index contributed by atoms with van der Waals surface area (Å²) >= 11 is 0. The van der Waals surface area contributed by atoms with Gasteiger partial charge in [0.1, 0.15) is 6.04 Å². The fourth-order valence-corrected chi connectivity index (χ4v) is 3.80. The normalized spacial score (nSPS) is 10.6. The molecule has 8 heteroatoms. The third-order valence-electron chi connectivity index (χ3n) is 6.03. The molecule has 8 nitrogen and oxygen atoms in total. The predicted molar refractivity (Wildman–Crippen MR) is 162 cm³/mol. The van der Waals surface area contributed by atoms with E-state index in [1.54, 1.807) is 49.1 Å². The molecule has 0 aliphatic heterocycles. The monoisotopic (exact) mass is 553 g/mol. The van der Waals surface area contributed by atoms with Gasteiger partial charge in [-0.1, -0.05) is 25.1 Å². The summed E-state index contributed by atoms with van der Waals surface area (Å²) in [6, 6.07) is 18.2. The van der Waals surface area contributed by atoms with Crippen LogP contribution in [-0.4, -0.2) is 47.0 Å². The fourth-order valence-electron chi connectivity index (χ4n) is 3.80. The first-order valence-corrected chi connectivity index (χ1v) is 13.5. The van der Waals surface area contributed by atoms with Gasteiger partial charge in [0.25, 0.3) is 0 Å². The number of ether oxygens (including phenoxy) is 1. The van der Waals surface area contributed by atoms with Crippen LogP contribution in [0.1, 0.15) is 45.6 Å². The first-order valence-electron chi connectivity index (χ1n) is 13.5. The minimum atomic E-state index is -0.539. The molecule has 0 bridgehead atoms. The molecule has 3 aromatic heterocycles. The Morgan fingerprint density at radius 1 is 0.780 bits per heavy atom. The Kier molecular flexibility index (Phi) is 15.4. The molecule has 0 fully saturated rings. The zero-order valence-corrected chi connectivity index (χ0v) is 23.8. The Morgan fingerprint density at radius 2 is 1.39 bits per heavy atom. The number of hydrogen-bond acceptors (Lipinski definition) is 7. The molecule has 0 aliphatic carbocycles. The van der Waals surface area contributed by atoms with E-state index in [9.17, 15) is 9.59 Å². The highest BCUT2D eigenvalue weighted by molar-refractivity contribution is 5.89. The van der Waals surface area contributed by atoms with E-state index in [0.29, 0.717) is 25.1 Å². The maximum Gasteiger partial charge on any atom is 0.337 e. The van der Waals surface area contributed by atoms with Crippen LogP contribution in [0.4, 0.5) is 0 Å². The van der Waals surface area contributed by atoms with Gasteiger partial charge in [-0.2, -0.15) is 0 Å². The zero-order valence-electron chi connectivity index (χ0n) is 23.8. The van der Waals surface area contributed by atoms with Crippen molar-refractivity contribution < 1.29 is 14.3 Å². The van der Waals surface area contributed by atoms with Crippen molar-refractivity contribution in [1.29, 1.82) is 0 Å². The second-order valence-electron chi connectivity index (χ2n) is 8.72. The van der Waals surface area contributed by atoms with E-state index >= 15 is 0 Å². The number of carbonyl (C=O) groups excluding carboxylic acids is 2. The minimum absolute atomic E-state index is 0.121. The van der Waals surface area contributed by atoms with Gasteiger partial charge in [0.2, 0.25) is 5.91 Å². The van der Waals surface area contributed by atoms with Crippen LogP contribution in [0.3, 0.4) is 0 Å². The highest BCUT2D eigenvalue weighted by Gasteiger charge is 2.20. The summed E-state index contributed by atoms with van der Waals surface area (Å²) in [5.41, 5.74) is 4.77. The van der Waals surface area contributed by atoms with E-state index in [1.807, 2.05) is 48.8 Å². The molecule has 214 valence electrons. The van der Waals surface area contributed by atoms with E-state index < -0.39 is 12.0 Å². The zero-order chi connectivity index (χ0) is 29.7. The summed E-state index contributed by atoms with van der Waals surface area (Å²) in [6.45, 7) is 9.26. The molecule has 41 heavy (non-hydrogen) atoms. The lowest BCUT2D eigenvalue weighted by Gasteiger charge is -2.19. The average molecular weight is 554 g/mol. The van der Waals surface area contributed by atoms with Crippen LogP contribution >= 0.6 is 0 Å². The lowest BCUT2D eigenvalue weighted by Crippen LogP contribution is -2.39. The number of nitrogens with one attached hydrogen (secondary N) is 2. The van der Waals surface area contributed by atoms with Crippen LogP contribution in [0, 0.1) is 0 Å². The standard InChI is InChI=1S/C24H26N4O3.C7H9N.C2H4/c1-31-24(30)21-6-4-20(5-7-21)22(27-15-10-18-8-13-25-14-9-18)23(29)28-16-11-19-3-2-12-26-17-19;1-2-7-3-5-8-6-4-7;1-2/h2-9,12-14,17,22,27H,10-11,15-16H2,1H3,(H,28,29);3-6H,2H2,1H3;1-2H2. The highest BCUT2D eigenvalue weighted by Crippen LogP contribution is 2.15. The van der Waals surface area contributed by atoms with Crippen molar-refractivity contribution in [1.82, 2.24) is 25.6 Å². The molecular weight excluding hydrogens is 514 g/mol.